The topological polar surface area (TPSA) is 80.1 Å². The first-order valence-corrected chi connectivity index (χ1v) is 6.34. The number of benzene rings is 1. The summed E-state index contributed by atoms with van der Waals surface area (Å²) >= 11 is 0. The lowest BCUT2D eigenvalue weighted by molar-refractivity contribution is 0.0745. The summed E-state index contributed by atoms with van der Waals surface area (Å²) < 4.78 is 5.36. The van der Waals surface area contributed by atoms with Gasteiger partial charge >= 0.3 is 0 Å². The zero-order valence-corrected chi connectivity index (χ0v) is 11.2. The van der Waals surface area contributed by atoms with Gasteiger partial charge in [0.2, 0.25) is 0 Å². The molecular weight excluding hydrogens is 242 g/mol. The van der Waals surface area contributed by atoms with Crippen molar-refractivity contribution >= 4 is 22.5 Å². The van der Waals surface area contributed by atoms with Gasteiger partial charge in [0, 0.05) is 23.1 Å². The Morgan fingerprint density at radius 1 is 1.42 bits per heavy atom. The number of H-pyrrole nitrogens is 1. The monoisotopic (exact) mass is 261 g/mol. The van der Waals surface area contributed by atoms with Crippen molar-refractivity contribution in [1.29, 1.82) is 0 Å². The van der Waals surface area contributed by atoms with E-state index in [1.165, 1.54) is 0 Å². The molecule has 1 aromatic heterocycles. The van der Waals surface area contributed by atoms with E-state index in [1.807, 2.05) is 26.0 Å². The Kier molecular flexibility index (Phi) is 4.06. The summed E-state index contributed by atoms with van der Waals surface area (Å²) in [5.41, 5.74) is 7.82. The van der Waals surface area contributed by atoms with E-state index in [2.05, 4.69) is 10.3 Å². The number of nitrogen functional groups attached to an aromatic ring is 1. The fraction of sp³-hybridized carbons (Fsp3) is 0.357. The van der Waals surface area contributed by atoms with Gasteiger partial charge in [-0.3, -0.25) is 4.79 Å². The minimum Gasteiger partial charge on any atom is -0.399 e. The van der Waals surface area contributed by atoms with Crippen molar-refractivity contribution in [2.75, 3.05) is 18.9 Å². The lowest BCUT2D eigenvalue weighted by Gasteiger charge is -2.07. The van der Waals surface area contributed by atoms with Gasteiger partial charge in [0.25, 0.3) is 5.91 Å². The first-order chi connectivity index (χ1) is 9.06. The van der Waals surface area contributed by atoms with Crippen LogP contribution < -0.4 is 11.1 Å². The third-order valence-corrected chi connectivity index (χ3v) is 2.73. The van der Waals surface area contributed by atoms with Crippen LogP contribution in [0.25, 0.3) is 10.9 Å². The molecule has 0 saturated heterocycles. The van der Waals surface area contributed by atoms with Gasteiger partial charge in [-0.15, -0.1) is 0 Å². The molecule has 5 heteroatoms. The molecule has 5 nitrogen and oxygen atoms in total. The van der Waals surface area contributed by atoms with Crippen LogP contribution in [0.5, 0.6) is 0 Å². The highest BCUT2D eigenvalue weighted by Crippen LogP contribution is 2.18. The number of fused-ring (bicyclic) bond motifs is 1. The molecule has 0 bridgehead atoms. The predicted molar refractivity (Wildman–Crippen MR) is 76.1 cm³/mol. The quantitative estimate of drug-likeness (QED) is 0.568. The van der Waals surface area contributed by atoms with E-state index in [0.29, 0.717) is 24.5 Å². The maximum Gasteiger partial charge on any atom is 0.267 e. The Bertz CT molecular complexity index is 575. The van der Waals surface area contributed by atoms with Gasteiger partial charge < -0.3 is 20.8 Å². The summed E-state index contributed by atoms with van der Waals surface area (Å²) in [6, 6.07) is 7.30. The van der Waals surface area contributed by atoms with E-state index in [-0.39, 0.29) is 12.0 Å². The van der Waals surface area contributed by atoms with Gasteiger partial charge in [0.05, 0.1) is 12.7 Å². The Labute approximate surface area is 112 Å². The second-order valence-electron chi connectivity index (χ2n) is 4.71. The number of amides is 1. The van der Waals surface area contributed by atoms with E-state index in [4.69, 9.17) is 10.5 Å². The molecule has 0 fully saturated rings. The maximum atomic E-state index is 11.9. The molecule has 0 aliphatic carbocycles. The van der Waals surface area contributed by atoms with Crippen LogP contribution in [0, 0.1) is 0 Å². The standard InChI is InChI=1S/C14H19N3O2/c1-9(2)19-6-5-16-14(18)13-8-10-7-11(15)3-4-12(10)17-13/h3-4,7-9,17H,5-6,15H2,1-2H3,(H,16,18). The van der Waals surface area contributed by atoms with Gasteiger partial charge in [-0.25, -0.2) is 0 Å². The van der Waals surface area contributed by atoms with Gasteiger partial charge in [0.15, 0.2) is 0 Å². The molecule has 0 aliphatic heterocycles. The Balaban J connectivity index is 1.97. The fourth-order valence-corrected chi connectivity index (χ4v) is 1.83. The normalized spacial score (nSPS) is 11.1. The largest absolute Gasteiger partial charge is 0.399 e. The number of aromatic nitrogens is 1. The number of nitrogens with two attached hydrogens (primary N) is 1. The fourth-order valence-electron chi connectivity index (χ4n) is 1.83. The van der Waals surface area contributed by atoms with Crippen molar-refractivity contribution in [3.63, 3.8) is 0 Å². The highest BCUT2D eigenvalue weighted by molar-refractivity contribution is 5.98. The highest BCUT2D eigenvalue weighted by Gasteiger charge is 2.09. The lowest BCUT2D eigenvalue weighted by atomic mass is 10.2. The SMILES string of the molecule is CC(C)OCCNC(=O)c1cc2cc(N)ccc2[nH]1. The minimum absolute atomic E-state index is 0.137. The molecule has 0 aliphatic rings. The number of anilines is 1. The average molecular weight is 261 g/mol. The Hall–Kier alpha value is -2.01. The third kappa shape index (κ3) is 3.48. The zero-order chi connectivity index (χ0) is 13.8. The van der Waals surface area contributed by atoms with Crippen LogP contribution in [-0.4, -0.2) is 30.1 Å². The van der Waals surface area contributed by atoms with Gasteiger partial charge in [-0.2, -0.15) is 0 Å². The summed E-state index contributed by atoms with van der Waals surface area (Å²) in [7, 11) is 0. The van der Waals surface area contributed by atoms with Crippen LogP contribution in [0.15, 0.2) is 24.3 Å². The molecule has 0 radical (unpaired) electrons. The molecule has 0 saturated carbocycles. The summed E-state index contributed by atoms with van der Waals surface area (Å²) in [5.74, 6) is -0.137. The number of carbonyl (C=O) groups excluding carboxylic acids is 1. The molecule has 0 atom stereocenters. The molecule has 19 heavy (non-hydrogen) atoms. The van der Waals surface area contributed by atoms with E-state index >= 15 is 0 Å². The molecule has 0 unspecified atom stereocenters. The molecule has 0 spiro atoms. The average Bonchev–Trinajstić information content (AvgIpc) is 2.77. The van der Waals surface area contributed by atoms with Gasteiger partial charge in [-0.05, 0) is 38.1 Å². The van der Waals surface area contributed by atoms with Crippen molar-refractivity contribution in [2.24, 2.45) is 0 Å². The van der Waals surface area contributed by atoms with E-state index < -0.39 is 0 Å². The third-order valence-electron chi connectivity index (χ3n) is 2.73. The molecule has 1 heterocycles. The number of carbonyl (C=O) groups is 1. The highest BCUT2D eigenvalue weighted by atomic mass is 16.5. The van der Waals surface area contributed by atoms with Gasteiger partial charge in [0.1, 0.15) is 5.69 Å². The zero-order valence-electron chi connectivity index (χ0n) is 11.2. The molecule has 2 aromatic rings. The molecule has 4 N–H and O–H groups in total. The van der Waals surface area contributed by atoms with Crippen LogP contribution in [-0.2, 0) is 4.74 Å². The smallest absolute Gasteiger partial charge is 0.267 e. The molecule has 1 aromatic carbocycles. The maximum absolute atomic E-state index is 11.9. The number of hydrogen-bond acceptors (Lipinski definition) is 3. The lowest BCUT2D eigenvalue weighted by Crippen LogP contribution is -2.28. The molecule has 2 rings (SSSR count). The summed E-state index contributed by atoms with van der Waals surface area (Å²) in [6.45, 7) is 4.93. The van der Waals surface area contributed by atoms with Crippen LogP contribution in [0.3, 0.4) is 0 Å². The Morgan fingerprint density at radius 3 is 2.95 bits per heavy atom. The van der Waals surface area contributed by atoms with Crippen LogP contribution in [0.1, 0.15) is 24.3 Å². The van der Waals surface area contributed by atoms with Gasteiger partial charge in [-0.1, -0.05) is 0 Å². The van der Waals surface area contributed by atoms with Crippen molar-refractivity contribution in [3.8, 4) is 0 Å². The first-order valence-electron chi connectivity index (χ1n) is 6.34. The van der Waals surface area contributed by atoms with Crippen LogP contribution in [0.4, 0.5) is 5.69 Å². The molecular formula is C14H19N3O2. The second kappa shape index (κ2) is 5.75. The number of rotatable bonds is 5. The predicted octanol–water partition coefficient (Wildman–Crippen LogP) is 1.90. The number of hydrogen-bond donors (Lipinski definition) is 3. The molecule has 1 amide bonds. The summed E-state index contributed by atoms with van der Waals surface area (Å²) in [6.07, 6.45) is 0.174. The van der Waals surface area contributed by atoms with Crippen molar-refractivity contribution in [2.45, 2.75) is 20.0 Å². The van der Waals surface area contributed by atoms with Crippen LogP contribution >= 0.6 is 0 Å². The first kappa shape index (κ1) is 13.4. The van der Waals surface area contributed by atoms with Crippen molar-refractivity contribution in [3.05, 3.63) is 30.0 Å². The van der Waals surface area contributed by atoms with Crippen molar-refractivity contribution in [1.82, 2.24) is 10.3 Å². The van der Waals surface area contributed by atoms with E-state index in [1.54, 1.807) is 12.1 Å². The van der Waals surface area contributed by atoms with Crippen LogP contribution in [0.2, 0.25) is 0 Å². The number of ether oxygens (including phenoxy) is 1. The summed E-state index contributed by atoms with van der Waals surface area (Å²) in [5, 5.41) is 3.74. The van der Waals surface area contributed by atoms with E-state index in [0.717, 1.165) is 10.9 Å². The Morgan fingerprint density at radius 2 is 2.21 bits per heavy atom. The van der Waals surface area contributed by atoms with E-state index in [9.17, 15) is 4.79 Å². The number of nitrogens with one attached hydrogen (secondary N) is 2. The summed E-state index contributed by atoms with van der Waals surface area (Å²) in [4.78, 5) is 15.0. The minimum atomic E-state index is -0.137. The molecule has 102 valence electrons. The van der Waals surface area contributed by atoms with Crippen molar-refractivity contribution < 1.29 is 9.53 Å². The number of aromatic amines is 1. The second-order valence-corrected chi connectivity index (χ2v) is 4.71.